The number of nitrogens with two attached hydrogens (primary N) is 1. The average Bonchev–Trinajstić information content (AvgIpc) is 3.19. The molecule has 1 saturated heterocycles. The number of thiophene rings is 1. The highest BCUT2D eigenvalue weighted by molar-refractivity contribution is 7.29. The first-order valence-electron chi connectivity index (χ1n) is 8.85. The summed E-state index contributed by atoms with van der Waals surface area (Å²) in [5, 5.41) is 3.85. The third-order valence-electron chi connectivity index (χ3n) is 4.47. The minimum Gasteiger partial charge on any atom is -0.354 e. The van der Waals surface area contributed by atoms with Gasteiger partial charge in [-0.05, 0) is 25.3 Å². The summed E-state index contributed by atoms with van der Waals surface area (Å²) < 4.78 is 1.05. The molecule has 1 aliphatic heterocycles. The Kier molecular flexibility index (Phi) is 9.92. The number of anilines is 1. The molecule has 3 N–H and O–H groups in total. The number of carbonyl (C=O) groups excluding carboxylic acids is 2. The Morgan fingerprint density at radius 1 is 1.32 bits per heavy atom. The molecule has 0 aromatic carbocycles. The van der Waals surface area contributed by atoms with Crippen LogP contribution in [-0.2, 0) is 4.79 Å². The van der Waals surface area contributed by atoms with Crippen LogP contribution in [0.1, 0.15) is 35.4 Å². The van der Waals surface area contributed by atoms with Gasteiger partial charge in [-0.1, -0.05) is 11.3 Å². The maximum atomic E-state index is 13.0. The normalized spacial score (nSPS) is 16.2. The van der Waals surface area contributed by atoms with Crippen LogP contribution in [-0.4, -0.2) is 61.5 Å². The van der Waals surface area contributed by atoms with Crippen LogP contribution in [0.15, 0.2) is 6.07 Å². The number of nitrogens with one attached hydrogen (secondary N) is 1. The van der Waals surface area contributed by atoms with Crippen LogP contribution in [0.4, 0.5) is 5.13 Å². The molecule has 0 saturated carbocycles. The number of rotatable bonds is 6. The Labute approximate surface area is 185 Å². The molecule has 7 nitrogen and oxygen atoms in total. The minimum atomic E-state index is -0.0532. The number of aromatic nitrogens is 1. The zero-order valence-corrected chi connectivity index (χ0v) is 19.2. The number of halogens is 2. The van der Waals surface area contributed by atoms with Gasteiger partial charge in [0.15, 0.2) is 5.13 Å². The summed E-state index contributed by atoms with van der Waals surface area (Å²) in [6.07, 6.45) is 3.31. The standard InChI is InChI=1S/C17H25N5O2S2.2ClH/c1-21(2)17-20-15-12(26-17)9-13(25-15)16(24)22-8-4-3-5-11(22)10-19-14(23)6-7-18;;/h9,11H,3-8,10,18H2,1-2H3,(H,19,23);2*1H. The molecule has 0 radical (unpaired) electrons. The van der Waals surface area contributed by atoms with E-state index in [2.05, 4.69) is 10.3 Å². The van der Waals surface area contributed by atoms with Gasteiger partial charge in [0.2, 0.25) is 5.91 Å². The lowest BCUT2D eigenvalue weighted by Crippen LogP contribution is -2.49. The Morgan fingerprint density at radius 3 is 2.71 bits per heavy atom. The second-order valence-corrected chi connectivity index (χ2v) is 8.70. The molecule has 3 rings (SSSR count). The first kappa shape index (κ1) is 24.9. The molecule has 2 aromatic heterocycles. The zero-order chi connectivity index (χ0) is 18.7. The van der Waals surface area contributed by atoms with Crippen LogP contribution < -0.4 is 16.0 Å². The second-order valence-electron chi connectivity index (χ2n) is 6.66. The van der Waals surface area contributed by atoms with Gasteiger partial charge < -0.3 is 20.9 Å². The van der Waals surface area contributed by atoms with E-state index in [0.29, 0.717) is 19.5 Å². The van der Waals surface area contributed by atoms with Crippen LogP contribution >= 0.6 is 47.5 Å². The molecule has 28 heavy (non-hydrogen) atoms. The molecule has 1 atom stereocenters. The number of likely N-dealkylation sites (tertiary alicyclic amines) is 1. The van der Waals surface area contributed by atoms with Crippen molar-refractivity contribution in [3.05, 3.63) is 10.9 Å². The smallest absolute Gasteiger partial charge is 0.264 e. The number of nitrogens with zero attached hydrogens (tertiary/aromatic N) is 3. The highest BCUT2D eigenvalue weighted by Crippen LogP contribution is 2.35. The Morgan fingerprint density at radius 2 is 2.07 bits per heavy atom. The first-order valence-corrected chi connectivity index (χ1v) is 10.5. The van der Waals surface area contributed by atoms with Crippen LogP contribution in [0, 0.1) is 0 Å². The van der Waals surface area contributed by atoms with Gasteiger partial charge in [-0.3, -0.25) is 9.59 Å². The lowest BCUT2D eigenvalue weighted by molar-refractivity contribution is -0.121. The van der Waals surface area contributed by atoms with Crippen LogP contribution in [0.5, 0.6) is 0 Å². The SMILES string of the molecule is CN(C)c1nc2sc(C(=O)N3CCCCC3CNC(=O)CCN)cc2s1.Cl.Cl. The van der Waals surface area contributed by atoms with E-state index in [9.17, 15) is 9.59 Å². The zero-order valence-electron chi connectivity index (χ0n) is 16.0. The third-order valence-corrected chi connectivity index (χ3v) is 6.78. The number of hydrogen-bond acceptors (Lipinski definition) is 7. The Bertz CT molecular complexity index is 764. The van der Waals surface area contributed by atoms with Crippen molar-refractivity contribution in [3.8, 4) is 0 Å². The van der Waals surface area contributed by atoms with Crippen molar-refractivity contribution < 1.29 is 9.59 Å². The maximum Gasteiger partial charge on any atom is 0.264 e. The van der Waals surface area contributed by atoms with E-state index in [1.807, 2.05) is 30.0 Å². The van der Waals surface area contributed by atoms with E-state index in [1.54, 1.807) is 11.3 Å². The fourth-order valence-corrected chi connectivity index (χ4v) is 5.18. The molecule has 2 amide bonds. The molecular weight excluding hydrogens is 441 g/mol. The van der Waals surface area contributed by atoms with Gasteiger partial charge in [0.25, 0.3) is 5.91 Å². The Balaban J connectivity index is 0.00000196. The number of piperidine rings is 1. The van der Waals surface area contributed by atoms with Gasteiger partial charge >= 0.3 is 0 Å². The van der Waals surface area contributed by atoms with Crippen LogP contribution in [0.2, 0.25) is 0 Å². The molecule has 1 fully saturated rings. The highest BCUT2D eigenvalue weighted by atomic mass is 35.5. The predicted molar refractivity (Wildman–Crippen MR) is 122 cm³/mol. The van der Waals surface area contributed by atoms with Gasteiger partial charge in [0.1, 0.15) is 4.83 Å². The average molecular weight is 468 g/mol. The molecule has 1 aliphatic rings. The van der Waals surface area contributed by atoms with Crippen molar-refractivity contribution in [1.82, 2.24) is 15.2 Å². The number of carbonyl (C=O) groups is 2. The summed E-state index contributed by atoms with van der Waals surface area (Å²) in [5.41, 5.74) is 5.41. The topological polar surface area (TPSA) is 91.6 Å². The molecule has 0 bridgehead atoms. The quantitative estimate of drug-likeness (QED) is 0.680. The molecule has 3 heterocycles. The van der Waals surface area contributed by atoms with Crippen LogP contribution in [0.25, 0.3) is 9.53 Å². The van der Waals surface area contributed by atoms with Crippen molar-refractivity contribution in [2.24, 2.45) is 5.73 Å². The predicted octanol–water partition coefficient (Wildman–Crippen LogP) is 2.73. The number of amides is 2. The van der Waals surface area contributed by atoms with Crippen molar-refractivity contribution in [3.63, 3.8) is 0 Å². The fourth-order valence-electron chi connectivity index (χ4n) is 3.09. The van der Waals surface area contributed by atoms with Crippen molar-refractivity contribution in [1.29, 1.82) is 0 Å². The van der Waals surface area contributed by atoms with E-state index in [-0.39, 0.29) is 42.7 Å². The largest absolute Gasteiger partial charge is 0.354 e. The van der Waals surface area contributed by atoms with Crippen molar-refractivity contribution in [2.75, 3.05) is 38.6 Å². The lowest BCUT2D eigenvalue weighted by Gasteiger charge is -2.35. The van der Waals surface area contributed by atoms with Crippen molar-refractivity contribution in [2.45, 2.75) is 31.7 Å². The van der Waals surface area contributed by atoms with Gasteiger partial charge in [0.05, 0.1) is 9.58 Å². The minimum absolute atomic E-state index is 0. The molecule has 0 aliphatic carbocycles. The molecular formula is C17H27Cl2N5O2S2. The maximum absolute atomic E-state index is 13.0. The Hall–Kier alpha value is -1.13. The van der Waals surface area contributed by atoms with Gasteiger partial charge in [-0.2, -0.15) is 0 Å². The van der Waals surface area contributed by atoms with Crippen LogP contribution in [0.3, 0.4) is 0 Å². The summed E-state index contributed by atoms with van der Waals surface area (Å²) in [4.78, 5) is 34.8. The van der Waals surface area contributed by atoms with Gasteiger partial charge in [-0.25, -0.2) is 4.98 Å². The number of thiazole rings is 1. The molecule has 0 spiro atoms. The van der Waals surface area contributed by atoms with Gasteiger partial charge in [0, 0.05) is 46.2 Å². The highest BCUT2D eigenvalue weighted by Gasteiger charge is 2.29. The molecule has 158 valence electrons. The van der Waals surface area contributed by atoms with Crippen molar-refractivity contribution >= 4 is 74.0 Å². The summed E-state index contributed by atoms with van der Waals surface area (Å²) in [6, 6.07) is 1.99. The fraction of sp³-hybridized carbons (Fsp3) is 0.588. The van der Waals surface area contributed by atoms with E-state index in [0.717, 1.165) is 45.3 Å². The number of fused-ring (bicyclic) bond motifs is 1. The third kappa shape index (κ3) is 5.70. The monoisotopic (exact) mass is 467 g/mol. The van der Waals surface area contributed by atoms with E-state index >= 15 is 0 Å². The summed E-state index contributed by atoms with van der Waals surface area (Å²) in [5.74, 6) is -0.00750. The summed E-state index contributed by atoms with van der Waals surface area (Å²) >= 11 is 3.05. The van der Waals surface area contributed by atoms with E-state index in [4.69, 9.17) is 5.73 Å². The lowest BCUT2D eigenvalue weighted by atomic mass is 10.0. The summed E-state index contributed by atoms with van der Waals surface area (Å²) in [6.45, 7) is 1.57. The van der Waals surface area contributed by atoms with Gasteiger partial charge in [-0.15, -0.1) is 36.2 Å². The molecule has 1 unspecified atom stereocenters. The number of hydrogen-bond donors (Lipinski definition) is 2. The van der Waals surface area contributed by atoms with E-state index in [1.165, 1.54) is 11.3 Å². The summed E-state index contributed by atoms with van der Waals surface area (Å²) in [7, 11) is 3.93. The second kappa shape index (κ2) is 11.2. The van der Waals surface area contributed by atoms with E-state index < -0.39 is 0 Å². The molecule has 2 aromatic rings. The first-order chi connectivity index (χ1) is 12.5. The molecule has 11 heteroatoms.